The van der Waals surface area contributed by atoms with Crippen LogP contribution in [0.2, 0.25) is 0 Å². The zero-order chi connectivity index (χ0) is 10.6. The van der Waals surface area contributed by atoms with Gasteiger partial charge in [-0.2, -0.15) is 0 Å². The van der Waals surface area contributed by atoms with E-state index in [2.05, 4.69) is 26.8 Å². The number of anilines is 1. The minimum atomic E-state index is 0.655. The minimum absolute atomic E-state index is 0.655. The zero-order valence-corrected chi connectivity index (χ0v) is 9.71. The molecule has 0 bridgehead atoms. The van der Waals surface area contributed by atoms with Crippen molar-refractivity contribution in [1.82, 2.24) is 4.90 Å². The quantitative estimate of drug-likeness (QED) is 0.660. The van der Waals surface area contributed by atoms with Crippen LogP contribution in [0.25, 0.3) is 0 Å². The van der Waals surface area contributed by atoms with Gasteiger partial charge in [0.2, 0.25) is 0 Å². The lowest BCUT2D eigenvalue weighted by atomic mass is 10.2. The molecule has 2 N–H and O–H groups in total. The van der Waals surface area contributed by atoms with E-state index in [9.17, 15) is 0 Å². The monoisotopic (exact) mass is 252 g/mol. The van der Waals surface area contributed by atoms with Gasteiger partial charge in [0, 0.05) is 16.7 Å². The summed E-state index contributed by atoms with van der Waals surface area (Å²) in [6.45, 7) is 1.49. The first-order valence-electron chi connectivity index (χ1n) is 4.29. The molecule has 2 nitrogen and oxygen atoms in total. The van der Waals surface area contributed by atoms with Gasteiger partial charge in [-0.3, -0.25) is 4.90 Å². The van der Waals surface area contributed by atoms with E-state index in [0.717, 1.165) is 16.7 Å². The Morgan fingerprint density at radius 3 is 2.86 bits per heavy atom. The highest BCUT2D eigenvalue weighted by atomic mass is 79.9. The number of benzene rings is 1. The number of nitrogens with two attached hydrogens (primary N) is 1. The van der Waals surface area contributed by atoms with Crippen molar-refractivity contribution in [3.63, 3.8) is 0 Å². The summed E-state index contributed by atoms with van der Waals surface area (Å²) in [4.78, 5) is 2.07. The summed E-state index contributed by atoms with van der Waals surface area (Å²) in [5.41, 5.74) is 7.64. The van der Waals surface area contributed by atoms with E-state index in [1.54, 1.807) is 0 Å². The lowest BCUT2D eigenvalue weighted by Gasteiger charge is -2.13. The minimum Gasteiger partial charge on any atom is -0.398 e. The van der Waals surface area contributed by atoms with Crippen LogP contribution >= 0.6 is 15.9 Å². The van der Waals surface area contributed by atoms with Crippen LogP contribution < -0.4 is 5.73 Å². The Hall–Kier alpha value is -0.980. The molecule has 0 aliphatic heterocycles. The second-order valence-corrected chi connectivity index (χ2v) is 4.09. The molecule has 0 aliphatic rings. The second kappa shape index (κ2) is 5.04. The van der Waals surface area contributed by atoms with Gasteiger partial charge in [-0.05, 0) is 40.7 Å². The van der Waals surface area contributed by atoms with Crippen molar-refractivity contribution in [2.45, 2.75) is 6.54 Å². The Morgan fingerprint density at radius 1 is 1.57 bits per heavy atom. The summed E-state index contributed by atoms with van der Waals surface area (Å²) in [6.07, 6.45) is 5.22. The molecule has 0 saturated heterocycles. The Morgan fingerprint density at radius 2 is 2.29 bits per heavy atom. The molecule has 0 unspecified atom stereocenters. The van der Waals surface area contributed by atoms with Crippen molar-refractivity contribution >= 4 is 21.6 Å². The lowest BCUT2D eigenvalue weighted by molar-refractivity contribution is 0.369. The second-order valence-electron chi connectivity index (χ2n) is 3.23. The highest BCUT2D eigenvalue weighted by molar-refractivity contribution is 9.10. The Balaban J connectivity index is 2.69. The summed E-state index contributed by atoms with van der Waals surface area (Å²) in [6, 6.07) is 5.92. The first-order valence-corrected chi connectivity index (χ1v) is 5.08. The van der Waals surface area contributed by atoms with Gasteiger partial charge in [-0.1, -0.05) is 12.0 Å². The van der Waals surface area contributed by atoms with Crippen molar-refractivity contribution < 1.29 is 0 Å². The van der Waals surface area contributed by atoms with Gasteiger partial charge >= 0.3 is 0 Å². The first-order chi connectivity index (χ1) is 6.63. The van der Waals surface area contributed by atoms with Crippen molar-refractivity contribution in [2.24, 2.45) is 0 Å². The third kappa shape index (κ3) is 3.06. The molecule has 0 aliphatic carbocycles. The maximum Gasteiger partial charge on any atom is 0.0599 e. The average molecular weight is 253 g/mol. The van der Waals surface area contributed by atoms with Gasteiger partial charge in [-0.15, -0.1) is 6.42 Å². The Labute approximate surface area is 93.2 Å². The smallest absolute Gasteiger partial charge is 0.0599 e. The number of hydrogen-bond acceptors (Lipinski definition) is 2. The van der Waals surface area contributed by atoms with Crippen LogP contribution in [0.5, 0.6) is 0 Å². The van der Waals surface area contributed by atoms with Crippen molar-refractivity contribution in [3.8, 4) is 12.3 Å². The fourth-order valence-electron chi connectivity index (χ4n) is 1.19. The number of hydrogen-bond donors (Lipinski definition) is 1. The molecule has 0 atom stereocenters. The molecule has 1 rings (SSSR count). The van der Waals surface area contributed by atoms with Crippen LogP contribution in [-0.4, -0.2) is 18.5 Å². The molecule has 0 aromatic heterocycles. The topological polar surface area (TPSA) is 29.3 Å². The summed E-state index contributed by atoms with van der Waals surface area (Å²) in [5.74, 6) is 2.60. The van der Waals surface area contributed by atoms with E-state index in [-0.39, 0.29) is 0 Å². The van der Waals surface area contributed by atoms with Crippen LogP contribution in [0.3, 0.4) is 0 Å². The van der Waals surface area contributed by atoms with E-state index >= 15 is 0 Å². The zero-order valence-electron chi connectivity index (χ0n) is 8.13. The lowest BCUT2D eigenvalue weighted by Crippen LogP contribution is -2.17. The molecule has 1 aromatic rings. The summed E-state index contributed by atoms with van der Waals surface area (Å²) in [7, 11) is 1.99. The van der Waals surface area contributed by atoms with E-state index < -0.39 is 0 Å². The van der Waals surface area contributed by atoms with Gasteiger partial charge in [-0.25, -0.2) is 0 Å². The van der Waals surface area contributed by atoms with Crippen molar-refractivity contribution in [2.75, 3.05) is 19.3 Å². The molecule has 1 aromatic carbocycles. The maximum atomic E-state index is 5.69. The average Bonchev–Trinajstić information content (AvgIpc) is 2.12. The molecule has 0 fully saturated rings. The highest BCUT2D eigenvalue weighted by Crippen LogP contribution is 2.20. The van der Waals surface area contributed by atoms with E-state index in [1.165, 1.54) is 5.56 Å². The first kappa shape index (κ1) is 11.1. The molecule has 74 valence electrons. The SMILES string of the molecule is C#CCN(C)Cc1ccc(N)c(Br)c1. The van der Waals surface area contributed by atoms with Gasteiger partial charge in [0.05, 0.1) is 6.54 Å². The summed E-state index contributed by atoms with van der Waals surface area (Å²) < 4.78 is 0.934. The molecule has 0 spiro atoms. The predicted octanol–water partition coefficient (Wildman–Crippen LogP) is 2.10. The predicted molar refractivity (Wildman–Crippen MR) is 63.7 cm³/mol. The van der Waals surface area contributed by atoms with Gasteiger partial charge in [0.15, 0.2) is 0 Å². The van der Waals surface area contributed by atoms with Crippen LogP contribution in [0, 0.1) is 12.3 Å². The molecular weight excluding hydrogens is 240 g/mol. The number of halogens is 1. The largest absolute Gasteiger partial charge is 0.398 e. The fraction of sp³-hybridized carbons (Fsp3) is 0.273. The molecule has 3 heteroatoms. The number of nitrogen functional groups attached to an aromatic ring is 1. The molecule has 0 radical (unpaired) electrons. The highest BCUT2D eigenvalue weighted by Gasteiger charge is 2.01. The van der Waals surface area contributed by atoms with Gasteiger partial charge < -0.3 is 5.73 Å². The summed E-state index contributed by atoms with van der Waals surface area (Å²) in [5, 5.41) is 0. The number of nitrogens with zero attached hydrogens (tertiary/aromatic N) is 1. The van der Waals surface area contributed by atoms with Crippen LogP contribution in [0.4, 0.5) is 5.69 Å². The molecule has 0 saturated carbocycles. The molecular formula is C11H13BrN2. The van der Waals surface area contributed by atoms with Crippen LogP contribution in [0.15, 0.2) is 22.7 Å². The Bertz CT molecular complexity index is 355. The van der Waals surface area contributed by atoms with Crippen LogP contribution in [-0.2, 0) is 6.54 Å². The Kier molecular flexibility index (Phi) is 3.99. The van der Waals surface area contributed by atoms with Gasteiger partial charge in [0.25, 0.3) is 0 Å². The van der Waals surface area contributed by atoms with E-state index in [0.29, 0.717) is 6.54 Å². The number of terminal acetylenes is 1. The van der Waals surface area contributed by atoms with E-state index in [4.69, 9.17) is 12.2 Å². The van der Waals surface area contributed by atoms with Crippen LogP contribution in [0.1, 0.15) is 5.56 Å². The summed E-state index contributed by atoms with van der Waals surface area (Å²) >= 11 is 3.39. The molecule has 14 heavy (non-hydrogen) atoms. The normalized spacial score (nSPS) is 10.1. The number of rotatable bonds is 3. The molecule has 0 amide bonds. The van der Waals surface area contributed by atoms with Gasteiger partial charge in [0.1, 0.15) is 0 Å². The van der Waals surface area contributed by atoms with E-state index in [1.807, 2.05) is 25.2 Å². The third-order valence-electron chi connectivity index (χ3n) is 1.88. The standard InChI is InChI=1S/C11H13BrN2/c1-3-6-14(2)8-9-4-5-11(13)10(12)7-9/h1,4-5,7H,6,8,13H2,2H3. The maximum absolute atomic E-state index is 5.69. The fourth-order valence-corrected chi connectivity index (χ4v) is 1.62. The van der Waals surface area contributed by atoms with Crippen molar-refractivity contribution in [1.29, 1.82) is 0 Å². The van der Waals surface area contributed by atoms with Crippen molar-refractivity contribution in [3.05, 3.63) is 28.2 Å². The molecule has 0 heterocycles. The third-order valence-corrected chi connectivity index (χ3v) is 2.57.